The SMILES string of the molecule is Cc1ccsc1C(=O)Nc1c(C)n(C)n(-c2ccccc2)c1=O. The predicted octanol–water partition coefficient (Wildman–Crippen LogP) is 3.11. The van der Waals surface area contributed by atoms with Gasteiger partial charge < -0.3 is 5.32 Å². The summed E-state index contributed by atoms with van der Waals surface area (Å²) in [7, 11) is 1.80. The number of para-hydroxylation sites is 1. The summed E-state index contributed by atoms with van der Waals surface area (Å²) in [6, 6.07) is 11.2. The molecule has 3 rings (SSSR count). The molecule has 0 saturated carbocycles. The number of carbonyl (C=O) groups is 1. The standard InChI is InChI=1S/C17H17N3O2S/c1-11-9-10-23-15(11)16(21)18-14-12(2)19(3)20(17(14)22)13-7-5-4-6-8-13/h4-10H,1-3H3,(H,18,21). The lowest BCUT2D eigenvalue weighted by Crippen LogP contribution is -2.22. The van der Waals surface area contributed by atoms with Gasteiger partial charge in [0, 0.05) is 7.05 Å². The number of nitrogens with one attached hydrogen (secondary N) is 1. The molecule has 3 aromatic rings. The number of nitrogens with zero attached hydrogens (tertiary/aromatic N) is 2. The average molecular weight is 327 g/mol. The third kappa shape index (κ3) is 2.61. The number of carbonyl (C=O) groups excluding carboxylic acids is 1. The Balaban J connectivity index is 2.03. The van der Waals surface area contributed by atoms with Crippen molar-refractivity contribution in [3.63, 3.8) is 0 Å². The summed E-state index contributed by atoms with van der Waals surface area (Å²) in [6.45, 7) is 3.70. The molecule has 0 unspecified atom stereocenters. The number of aryl methyl sites for hydroxylation is 1. The summed E-state index contributed by atoms with van der Waals surface area (Å²) in [5.74, 6) is -0.247. The lowest BCUT2D eigenvalue weighted by Gasteiger charge is -2.07. The summed E-state index contributed by atoms with van der Waals surface area (Å²) in [6.07, 6.45) is 0. The Morgan fingerprint density at radius 3 is 2.43 bits per heavy atom. The Morgan fingerprint density at radius 2 is 1.83 bits per heavy atom. The number of anilines is 1. The summed E-state index contributed by atoms with van der Waals surface area (Å²) < 4.78 is 3.29. The number of thiophene rings is 1. The van der Waals surface area contributed by atoms with E-state index in [9.17, 15) is 9.59 Å². The van der Waals surface area contributed by atoms with Crippen LogP contribution in [0.25, 0.3) is 5.69 Å². The summed E-state index contributed by atoms with van der Waals surface area (Å²) in [5, 5.41) is 4.64. The van der Waals surface area contributed by atoms with Gasteiger partial charge in [0.05, 0.1) is 16.3 Å². The third-order valence-corrected chi connectivity index (χ3v) is 4.88. The van der Waals surface area contributed by atoms with E-state index in [1.165, 1.54) is 11.3 Å². The van der Waals surface area contributed by atoms with Gasteiger partial charge in [0.25, 0.3) is 11.5 Å². The molecule has 0 aliphatic rings. The van der Waals surface area contributed by atoms with Crippen LogP contribution in [0.15, 0.2) is 46.6 Å². The first-order valence-electron chi connectivity index (χ1n) is 7.20. The van der Waals surface area contributed by atoms with Crippen LogP contribution >= 0.6 is 11.3 Å². The second kappa shape index (κ2) is 5.89. The minimum absolute atomic E-state index is 0.237. The van der Waals surface area contributed by atoms with Crippen LogP contribution in [-0.4, -0.2) is 15.3 Å². The molecule has 0 radical (unpaired) electrons. The van der Waals surface area contributed by atoms with Crippen LogP contribution < -0.4 is 10.9 Å². The molecule has 1 N–H and O–H groups in total. The topological polar surface area (TPSA) is 56.0 Å². The van der Waals surface area contributed by atoms with Gasteiger partial charge >= 0.3 is 0 Å². The lowest BCUT2D eigenvalue weighted by atomic mass is 10.2. The van der Waals surface area contributed by atoms with E-state index in [1.807, 2.05) is 55.6 Å². The van der Waals surface area contributed by atoms with Crippen molar-refractivity contribution in [2.45, 2.75) is 13.8 Å². The van der Waals surface area contributed by atoms with Gasteiger partial charge in [0.15, 0.2) is 0 Å². The summed E-state index contributed by atoms with van der Waals surface area (Å²) in [5.41, 5.74) is 2.45. The van der Waals surface area contributed by atoms with Crippen molar-refractivity contribution in [2.75, 3.05) is 5.32 Å². The molecule has 0 aliphatic carbocycles. The molecular formula is C17H17N3O2S. The molecule has 6 heteroatoms. The highest BCUT2D eigenvalue weighted by atomic mass is 32.1. The van der Waals surface area contributed by atoms with Crippen LogP contribution in [0.3, 0.4) is 0 Å². The predicted molar refractivity (Wildman–Crippen MR) is 92.8 cm³/mol. The van der Waals surface area contributed by atoms with Crippen molar-refractivity contribution in [3.05, 3.63) is 68.3 Å². The number of rotatable bonds is 3. The van der Waals surface area contributed by atoms with Gasteiger partial charge in [-0.15, -0.1) is 11.3 Å². The largest absolute Gasteiger partial charge is 0.315 e. The molecule has 0 aliphatic heterocycles. The van der Waals surface area contributed by atoms with Gasteiger partial charge in [-0.25, -0.2) is 4.68 Å². The summed E-state index contributed by atoms with van der Waals surface area (Å²) >= 11 is 1.37. The van der Waals surface area contributed by atoms with E-state index >= 15 is 0 Å². The molecule has 0 fully saturated rings. The Kier molecular flexibility index (Phi) is 3.92. The van der Waals surface area contributed by atoms with Crippen LogP contribution in [0.4, 0.5) is 5.69 Å². The fourth-order valence-electron chi connectivity index (χ4n) is 2.49. The highest BCUT2D eigenvalue weighted by Gasteiger charge is 2.19. The average Bonchev–Trinajstić information content (AvgIpc) is 3.06. The highest BCUT2D eigenvalue weighted by molar-refractivity contribution is 7.12. The van der Waals surface area contributed by atoms with Crippen LogP contribution in [-0.2, 0) is 7.05 Å². The van der Waals surface area contributed by atoms with E-state index in [-0.39, 0.29) is 11.5 Å². The van der Waals surface area contributed by atoms with Crippen molar-refractivity contribution >= 4 is 22.9 Å². The molecule has 23 heavy (non-hydrogen) atoms. The fraction of sp³-hybridized carbons (Fsp3) is 0.176. The van der Waals surface area contributed by atoms with Crippen LogP contribution in [0.2, 0.25) is 0 Å². The summed E-state index contributed by atoms with van der Waals surface area (Å²) in [4.78, 5) is 25.8. The van der Waals surface area contributed by atoms with Gasteiger partial charge in [0.1, 0.15) is 5.69 Å². The first-order valence-corrected chi connectivity index (χ1v) is 8.08. The second-order valence-corrected chi connectivity index (χ2v) is 6.24. The van der Waals surface area contributed by atoms with E-state index in [2.05, 4.69) is 5.32 Å². The normalized spacial score (nSPS) is 10.7. The van der Waals surface area contributed by atoms with Gasteiger partial charge in [-0.1, -0.05) is 18.2 Å². The van der Waals surface area contributed by atoms with Crippen molar-refractivity contribution in [2.24, 2.45) is 7.05 Å². The van der Waals surface area contributed by atoms with Crippen molar-refractivity contribution < 1.29 is 4.79 Å². The van der Waals surface area contributed by atoms with Gasteiger partial charge in [-0.3, -0.25) is 14.3 Å². The van der Waals surface area contributed by atoms with Crippen LogP contribution in [0.5, 0.6) is 0 Å². The van der Waals surface area contributed by atoms with Gasteiger partial charge in [-0.2, -0.15) is 0 Å². The van der Waals surface area contributed by atoms with Crippen molar-refractivity contribution in [1.29, 1.82) is 0 Å². The van der Waals surface area contributed by atoms with E-state index in [1.54, 1.807) is 16.4 Å². The second-order valence-electron chi connectivity index (χ2n) is 5.32. The maximum Gasteiger partial charge on any atom is 0.295 e. The maximum absolute atomic E-state index is 12.7. The Morgan fingerprint density at radius 1 is 1.13 bits per heavy atom. The number of amides is 1. The highest BCUT2D eigenvalue weighted by Crippen LogP contribution is 2.19. The van der Waals surface area contributed by atoms with Crippen LogP contribution in [0.1, 0.15) is 20.9 Å². The van der Waals surface area contributed by atoms with Crippen molar-refractivity contribution in [1.82, 2.24) is 9.36 Å². The number of hydrogen-bond acceptors (Lipinski definition) is 3. The monoisotopic (exact) mass is 327 g/mol. The molecule has 0 bridgehead atoms. The molecule has 0 saturated heterocycles. The molecular weight excluding hydrogens is 310 g/mol. The first kappa shape index (κ1) is 15.3. The quantitative estimate of drug-likeness (QED) is 0.803. The molecule has 1 aromatic carbocycles. The van der Waals surface area contributed by atoms with Crippen molar-refractivity contribution in [3.8, 4) is 5.69 Å². The van der Waals surface area contributed by atoms with E-state index in [4.69, 9.17) is 0 Å². The zero-order valence-electron chi connectivity index (χ0n) is 13.2. The zero-order valence-corrected chi connectivity index (χ0v) is 14.0. The minimum Gasteiger partial charge on any atom is -0.315 e. The Bertz CT molecular complexity index is 919. The minimum atomic E-state index is -0.247. The number of benzene rings is 1. The molecule has 1 amide bonds. The molecule has 2 heterocycles. The van der Waals surface area contributed by atoms with E-state index in [0.29, 0.717) is 16.3 Å². The fourth-order valence-corrected chi connectivity index (χ4v) is 3.31. The van der Waals surface area contributed by atoms with Gasteiger partial charge in [0.2, 0.25) is 0 Å². The third-order valence-electron chi connectivity index (χ3n) is 3.86. The first-order chi connectivity index (χ1) is 11.0. The van der Waals surface area contributed by atoms with Gasteiger partial charge in [-0.05, 0) is 43.0 Å². The molecule has 0 spiro atoms. The van der Waals surface area contributed by atoms with Crippen LogP contribution in [0, 0.1) is 13.8 Å². The molecule has 118 valence electrons. The Hall–Kier alpha value is -2.60. The van der Waals surface area contributed by atoms with E-state index < -0.39 is 0 Å². The van der Waals surface area contributed by atoms with E-state index in [0.717, 1.165) is 11.3 Å². The Labute approximate surface area is 137 Å². The maximum atomic E-state index is 12.7. The zero-order chi connectivity index (χ0) is 16.6. The molecule has 0 atom stereocenters. The molecule has 2 aromatic heterocycles. The number of hydrogen-bond donors (Lipinski definition) is 1. The smallest absolute Gasteiger partial charge is 0.295 e. The lowest BCUT2D eigenvalue weighted by molar-refractivity contribution is 0.103. The number of aromatic nitrogens is 2. The molecule has 5 nitrogen and oxygen atoms in total.